The van der Waals surface area contributed by atoms with Gasteiger partial charge in [0.15, 0.2) is 0 Å². The largest absolute Gasteiger partial charge is 0.496 e. The van der Waals surface area contributed by atoms with E-state index in [4.69, 9.17) is 9.47 Å². The Kier molecular flexibility index (Phi) is 4.42. The van der Waals surface area contributed by atoms with Gasteiger partial charge in [-0.15, -0.1) is 0 Å². The standard InChI is InChI=1S/C17H13N3O5/c1-24-14-6-7-16(15(11-14)20(22)23)25-17(21)12-4-2-5-13(10-12)19-9-3-8-18-19/h2-11H,1H3. The van der Waals surface area contributed by atoms with E-state index in [1.165, 1.54) is 25.3 Å². The molecule has 0 N–H and O–H groups in total. The summed E-state index contributed by atoms with van der Waals surface area (Å²) in [5.41, 5.74) is 0.567. The molecule has 0 aliphatic carbocycles. The molecule has 0 fully saturated rings. The molecule has 1 aromatic heterocycles. The molecular weight excluding hydrogens is 326 g/mol. The average molecular weight is 339 g/mol. The number of carbonyl (C=O) groups excluding carboxylic acids is 1. The molecule has 0 unspecified atom stereocenters. The number of esters is 1. The molecule has 2 aromatic carbocycles. The number of ether oxygens (including phenoxy) is 2. The van der Waals surface area contributed by atoms with Gasteiger partial charge in [0.25, 0.3) is 0 Å². The maximum absolute atomic E-state index is 12.4. The molecule has 3 aromatic rings. The minimum atomic E-state index is -0.706. The van der Waals surface area contributed by atoms with E-state index in [9.17, 15) is 14.9 Å². The highest BCUT2D eigenvalue weighted by Crippen LogP contribution is 2.31. The lowest BCUT2D eigenvalue weighted by molar-refractivity contribution is -0.385. The van der Waals surface area contributed by atoms with Gasteiger partial charge in [-0.05, 0) is 36.4 Å². The van der Waals surface area contributed by atoms with Crippen LogP contribution in [0.2, 0.25) is 0 Å². The van der Waals surface area contributed by atoms with Crippen LogP contribution < -0.4 is 9.47 Å². The van der Waals surface area contributed by atoms with Crippen LogP contribution in [-0.2, 0) is 0 Å². The topological polar surface area (TPSA) is 96.5 Å². The molecule has 0 amide bonds. The van der Waals surface area contributed by atoms with Crippen LogP contribution in [0.15, 0.2) is 60.9 Å². The number of nitrogens with zero attached hydrogens (tertiary/aromatic N) is 3. The Labute approximate surface area is 142 Å². The lowest BCUT2D eigenvalue weighted by Crippen LogP contribution is -2.10. The number of hydrogen-bond acceptors (Lipinski definition) is 6. The molecule has 8 nitrogen and oxygen atoms in total. The summed E-state index contributed by atoms with van der Waals surface area (Å²) in [6.07, 6.45) is 3.35. The number of nitro benzene ring substituents is 1. The monoisotopic (exact) mass is 339 g/mol. The predicted octanol–water partition coefficient (Wildman–Crippen LogP) is 3.01. The lowest BCUT2D eigenvalue weighted by Gasteiger charge is -2.08. The van der Waals surface area contributed by atoms with Crippen LogP contribution >= 0.6 is 0 Å². The first kappa shape index (κ1) is 16.2. The van der Waals surface area contributed by atoms with Crippen molar-refractivity contribution in [3.8, 4) is 17.2 Å². The van der Waals surface area contributed by atoms with Gasteiger partial charge in [-0.1, -0.05) is 6.07 Å². The van der Waals surface area contributed by atoms with Crippen LogP contribution in [-0.4, -0.2) is 27.8 Å². The van der Waals surface area contributed by atoms with Crippen LogP contribution in [0.5, 0.6) is 11.5 Å². The van der Waals surface area contributed by atoms with E-state index in [1.807, 2.05) is 0 Å². The third-order valence-corrected chi connectivity index (χ3v) is 3.42. The summed E-state index contributed by atoms with van der Waals surface area (Å²) in [7, 11) is 1.39. The van der Waals surface area contributed by atoms with Gasteiger partial charge in [0.2, 0.25) is 5.75 Å². The Morgan fingerprint density at radius 3 is 2.72 bits per heavy atom. The summed E-state index contributed by atoms with van der Waals surface area (Å²) >= 11 is 0. The third-order valence-electron chi connectivity index (χ3n) is 3.42. The first-order valence-electron chi connectivity index (χ1n) is 7.23. The van der Waals surface area contributed by atoms with Crippen molar-refractivity contribution in [2.75, 3.05) is 7.11 Å². The molecule has 126 valence electrons. The van der Waals surface area contributed by atoms with Crippen LogP contribution in [0.1, 0.15) is 10.4 Å². The second-order valence-corrected chi connectivity index (χ2v) is 4.98. The van der Waals surface area contributed by atoms with Gasteiger partial charge in [-0.25, -0.2) is 9.48 Å². The Morgan fingerprint density at radius 1 is 1.20 bits per heavy atom. The molecule has 0 saturated heterocycles. The van der Waals surface area contributed by atoms with Gasteiger partial charge in [0.1, 0.15) is 5.75 Å². The molecule has 0 atom stereocenters. The quantitative estimate of drug-likeness (QED) is 0.307. The van der Waals surface area contributed by atoms with Crippen molar-refractivity contribution in [1.29, 1.82) is 0 Å². The summed E-state index contributed by atoms with van der Waals surface area (Å²) < 4.78 is 11.7. The van der Waals surface area contributed by atoms with Crippen LogP contribution in [0, 0.1) is 10.1 Å². The van der Waals surface area contributed by atoms with Crippen molar-refractivity contribution >= 4 is 11.7 Å². The van der Waals surface area contributed by atoms with Gasteiger partial charge in [0.05, 0.1) is 29.4 Å². The van der Waals surface area contributed by atoms with Crippen molar-refractivity contribution in [3.05, 3.63) is 76.6 Å². The summed E-state index contributed by atoms with van der Waals surface area (Å²) in [6.45, 7) is 0. The van der Waals surface area contributed by atoms with Crippen molar-refractivity contribution in [2.45, 2.75) is 0 Å². The maximum atomic E-state index is 12.4. The third kappa shape index (κ3) is 3.47. The van der Waals surface area contributed by atoms with Crippen LogP contribution in [0.4, 0.5) is 5.69 Å². The predicted molar refractivity (Wildman–Crippen MR) is 88.2 cm³/mol. The smallest absolute Gasteiger partial charge is 0.343 e. The van der Waals surface area contributed by atoms with Gasteiger partial charge < -0.3 is 9.47 Å². The molecule has 0 bridgehead atoms. The molecule has 25 heavy (non-hydrogen) atoms. The van der Waals surface area contributed by atoms with Crippen molar-refractivity contribution in [2.24, 2.45) is 0 Å². The highest BCUT2D eigenvalue weighted by molar-refractivity contribution is 5.92. The van der Waals surface area contributed by atoms with Crippen molar-refractivity contribution in [1.82, 2.24) is 9.78 Å². The van der Waals surface area contributed by atoms with Crippen LogP contribution in [0.3, 0.4) is 0 Å². The number of carbonyl (C=O) groups is 1. The number of aromatic nitrogens is 2. The highest BCUT2D eigenvalue weighted by atomic mass is 16.6. The number of nitro groups is 1. The zero-order valence-electron chi connectivity index (χ0n) is 13.2. The molecule has 0 aliphatic rings. The zero-order chi connectivity index (χ0) is 17.8. The molecule has 0 aliphatic heterocycles. The van der Waals surface area contributed by atoms with E-state index in [-0.39, 0.29) is 17.0 Å². The molecule has 0 spiro atoms. The minimum Gasteiger partial charge on any atom is -0.496 e. The molecule has 0 saturated carbocycles. The van der Waals surface area contributed by atoms with E-state index in [2.05, 4.69) is 5.10 Å². The van der Waals surface area contributed by atoms with Gasteiger partial charge in [-0.2, -0.15) is 5.10 Å². The zero-order valence-corrected chi connectivity index (χ0v) is 13.2. The van der Waals surface area contributed by atoms with Gasteiger partial charge >= 0.3 is 11.7 Å². The Hall–Kier alpha value is -3.68. The first-order valence-corrected chi connectivity index (χ1v) is 7.23. The molecule has 8 heteroatoms. The fraction of sp³-hybridized carbons (Fsp3) is 0.0588. The second kappa shape index (κ2) is 6.83. The fourth-order valence-electron chi connectivity index (χ4n) is 2.21. The molecular formula is C17H13N3O5. The number of methoxy groups -OCH3 is 1. The Morgan fingerprint density at radius 2 is 2.04 bits per heavy atom. The number of rotatable bonds is 5. The Balaban J connectivity index is 1.88. The second-order valence-electron chi connectivity index (χ2n) is 4.98. The molecule has 0 radical (unpaired) electrons. The number of hydrogen-bond donors (Lipinski definition) is 0. The van der Waals surface area contributed by atoms with E-state index < -0.39 is 10.9 Å². The lowest BCUT2D eigenvalue weighted by atomic mass is 10.2. The average Bonchev–Trinajstić information content (AvgIpc) is 3.16. The Bertz CT molecular complexity index is 922. The van der Waals surface area contributed by atoms with E-state index >= 15 is 0 Å². The van der Waals surface area contributed by atoms with E-state index in [1.54, 1.807) is 47.4 Å². The first-order chi connectivity index (χ1) is 12.1. The summed E-state index contributed by atoms with van der Waals surface area (Å²) in [4.78, 5) is 22.9. The summed E-state index contributed by atoms with van der Waals surface area (Å²) in [6, 6.07) is 12.4. The van der Waals surface area contributed by atoms with Crippen molar-refractivity contribution < 1.29 is 19.2 Å². The molecule has 1 heterocycles. The fourth-order valence-corrected chi connectivity index (χ4v) is 2.21. The maximum Gasteiger partial charge on any atom is 0.343 e. The summed E-state index contributed by atoms with van der Waals surface area (Å²) in [5.74, 6) is -0.560. The number of benzene rings is 2. The molecule has 3 rings (SSSR count). The van der Waals surface area contributed by atoms with Gasteiger partial charge in [-0.3, -0.25) is 10.1 Å². The summed E-state index contributed by atoms with van der Waals surface area (Å²) in [5, 5.41) is 15.3. The SMILES string of the molecule is COc1ccc(OC(=O)c2cccc(-n3cccn3)c2)c([N+](=O)[O-])c1. The van der Waals surface area contributed by atoms with Crippen LogP contribution in [0.25, 0.3) is 5.69 Å². The van der Waals surface area contributed by atoms with Crippen molar-refractivity contribution in [3.63, 3.8) is 0 Å². The highest BCUT2D eigenvalue weighted by Gasteiger charge is 2.20. The normalized spacial score (nSPS) is 10.3. The van der Waals surface area contributed by atoms with Gasteiger partial charge in [0, 0.05) is 12.4 Å². The minimum absolute atomic E-state index is 0.153. The van der Waals surface area contributed by atoms with E-state index in [0.29, 0.717) is 11.4 Å². The van der Waals surface area contributed by atoms with E-state index in [0.717, 1.165) is 0 Å².